The topological polar surface area (TPSA) is 104 Å². The number of hydrogen-bond acceptors (Lipinski definition) is 7. The Hall–Kier alpha value is -3.47. The Morgan fingerprint density at radius 2 is 2.17 bits per heavy atom. The van der Waals surface area contributed by atoms with E-state index in [0.29, 0.717) is 18.9 Å². The molecule has 0 aromatic carbocycles. The highest BCUT2D eigenvalue weighted by molar-refractivity contribution is 5.79. The van der Waals surface area contributed by atoms with E-state index in [-0.39, 0.29) is 5.54 Å². The minimum atomic E-state index is -0.167. The van der Waals surface area contributed by atoms with Crippen molar-refractivity contribution in [3.05, 3.63) is 36.3 Å². The lowest BCUT2D eigenvalue weighted by Gasteiger charge is -2.18. The molecule has 0 bridgehead atoms. The molecule has 29 heavy (non-hydrogen) atoms. The van der Waals surface area contributed by atoms with Gasteiger partial charge in [0.15, 0.2) is 0 Å². The average molecular weight is 388 g/mol. The maximum atomic E-state index is 8.73. The van der Waals surface area contributed by atoms with Crippen molar-refractivity contribution in [3.63, 3.8) is 0 Å². The molecule has 148 valence electrons. The van der Waals surface area contributed by atoms with Gasteiger partial charge in [0.25, 0.3) is 0 Å². The largest absolute Gasteiger partial charge is 0.370 e. The summed E-state index contributed by atoms with van der Waals surface area (Å²) in [5.41, 5.74) is 4.58. The lowest BCUT2D eigenvalue weighted by molar-refractivity contribution is 0.356. The van der Waals surface area contributed by atoms with Crippen LogP contribution in [-0.4, -0.2) is 37.8 Å². The predicted octanol–water partition coefficient (Wildman–Crippen LogP) is 3.45. The third-order valence-electron chi connectivity index (χ3n) is 4.78. The number of nitrogens with zero attached hydrogens (tertiary/aromatic N) is 6. The molecular weight excluding hydrogens is 364 g/mol. The molecule has 3 aromatic rings. The molecule has 0 saturated heterocycles. The Kier molecular flexibility index (Phi) is 4.89. The summed E-state index contributed by atoms with van der Waals surface area (Å²) < 4.78 is 1.97. The van der Waals surface area contributed by atoms with E-state index in [2.05, 4.69) is 58.5 Å². The van der Waals surface area contributed by atoms with Gasteiger partial charge >= 0.3 is 0 Å². The first-order chi connectivity index (χ1) is 14.0. The molecule has 8 heteroatoms. The standard InChI is InChI=1S/C21H24N8/c1-21(2,3)29-13-16(17-6-10-25-20(27-17)24-8-4-7-22)18(28-29)15-11-14-5-9-23-19(14)26-12-15/h6,10-13H,4-5,8-9H2,1-3H3,(H,23,26)(H,24,25,27). The minimum Gasteiger partial charge on any atom is -0.370 e. The lowest BCUT2D eigenvalue weighted by Crippen LogP contribution is -2.22. The van der Waals surface area contributed by atoms with Gasteiger partial charge in [0.2, 0.25) is 5.95 Å². The number of aromatic nitrogens is 5. The van der Waals surface area contributed by atoms with Crippen LogP contribution in [0.3, 0.4) is 0 Å². The van der Waals surface area contributed by atoms with Crippen molar-refractivity contribution in [2.75, 3.05) is 23.7 Å². The summed E-state index contributed by atoms with van der Waals surface area (Å²) in [7, 11) is 0. The maximum absolute atomic E-state index is 8.73. The second-order valence-corrected chi connectivity index (χ2v) is 8.02. The van der Waals surface area contributed by atoms with Gasteiger partial charge in [0, 0.05) is 42.8 Å². The summed E-state index contributed by atoms with van der Waals surface area (Å²) in [6.45, 7) is 7.78. The molecule has 1 aliphatic heterocycles. The SMILES string of the molecule is CC(C)(C)n1cc(-c2ccnc(NCCC#N)n2)c(-c2cnc3c(c2)CCN3)n1. The summed E-state index contributed by atoms with van der Waals surface area (Å²) in [6, 6.07) is 6.15. The van der Waals surface area contributed by atoms with Crippen LogP contribution in [0.2, 0.25) is 0 Å². The van der Waals surface area contributed by atoms with Crippen molar-refractivity contribution in [1.82, 2.24) is 24.7 Å². The van der Waals surface area contributed by atoms with Crippen LogP contribution < -0.4 is 10.6 Å². The van der Waals surface area contributed by atoms with Crippen molar-refractivity contribution in [2.24, 2.45) is 0 Å². The van der Waals surface area contributed by atoms with Gasteiger partial charge in [-0.05, 0) is 44.9 Å². The van der Waals surface area contributed by atoms with E-state index in [4.69, 9.17) is 10.4 Å². The molecule has 0 unspecified atom stereocenters. The van der Waals surface area contributed by atoms with Crippen LogP contribution in [0.25, 0.3) is 22.5 Å². The number of fused-ring (bicyclic) bond motifs is 1. The van der Waals surface area contributed by atoms with Crippen LogP contribution >= 0.6 is 0 Å². The number of anilines is 2. The summed E-state index contributed by atoms with van der Waals surface area (Å²) in [4.78, 5) is 13.5. The van der Waals surface area contributed by atoms with Gasteiger partial charge in [0.05, 0.1) is 23.7 Å². The Bertz CT molecular complexity index is 1070. The number of hydrogen-bond donors (Lipinski definition) is 2. The van der Waals surface area contributed by atoms with Crippen LogP contribution in [0.15, 0.2) is 30.7 Å². The van der Waals surface area contributed by atoms with Crippen molar-refractivity contribution < 1.29 is 0 Å². The molecule has 1 aliphatic rings. The molecule has 0 spiro atoms. The Labute approximate surface area is 170 Å². The molecule has 0 saturated carbocycles. The summed E-state index contributed by atoms with van der Waals surface area (Å²) in [6.07, 6.45) is 6.98. The first kappa shape index (κ1) is 18.9. The molecule has 0 radical (unpaired) electrons. The number of pyridine rings is 1. The predicted molar refractivity (Wildman–Crippen MR) is 112 cm³/mol. The molecule has 3 aromatic heterocycles. The number of nitrogens with one attached hydrogen (secondary N) is 2. The number of rotatable bonds is 5. The van der Waals surface area contributed by atoms with Gasteiger partial charge < -0.3 is 10.6 Å². The maximum Gasteiger partial charge on any atom is 0.223 e. The quantitative estimate of drug-likeness (QED) is 0.645. The van der Waals surface area contributed by atoms with Gasteiger partial charge in [-0.15, -0.1) is 0 Å². The highest BCUT2D eigenvalue weighted by atomic mass is 15.3. The van der Waals surface area contributed by atoms with Crippen LogP contribution in [0, 0.1) is 11.3 Å². The zero-order chi connectivity index (χ0) is 20.4. The van der Waals surface area contributed by atoms with Crippen molar-refractivity contribution >= 4 is 11.8 Å². The van der Waals surface area contributed by atoms with Crippen molar-refractivity contribution in [2.45, 2.75) is 39.2 Å². The van der Waals surface area contributed by atoms with E-state index in [1.807, 2.05) is 23.1 Å². The van der Waals surface area contributed by atoms with Crippen LogP contribution in [0.4, 0.5) is 11.8 Å². The Morgan fingerprint density at radius 1 is 1.31 bits per heavy atom. The highest BCUT2D eigenvalue weighted by Crippen LogP contribution is 2.34. The van der Waals surface area contributed by atoms with Crippen LogP contribution in [0.1, 0.15) is 32.8 Å². The van der Waals surface area contributed by atoms with E-state index < -0.39 is 0 Å². The Morgan fingerprint density at radius 3 is 2.97 bits per heavy atom. The summed E-state index contributed by atoms with van der Waals surface area (Å²) in [5, 5.41) is 20.0. The summed E-state index contributed by atoms with van der Waals surface area (Å²) >= 11 is 0. The zero-order valence-electron chi connectivity index (χ0n) is 16.9. The van der Waals surface area contributed by atoms with Gasteiger partial charge in [-0.3, -0.25) is 4.68 Å². The highest BCUT2D eigenvalue weighted by Gasteiger charge is 2.22. The molecule has 4 rings (SSSR count). The fourth-order valence-electron chi connectivity index (χ4n) is 3.25. The number of nitriles is 1. The minimum absolute atomic E-state index is 0.167. The molecule has 0 atom stereocenters. The smallest absolute Gasteiger partial charge is 0.223 e. The van der Waals surface area contributed by atoms with Gasteiger partial charge in [-0.1, -0.05) is 0 Å². The monoisotopic (exact) mass is 388 g/mol. The van der Waals surface area contributed by atoms with E-state index in [0.717, 1.165) is 41.3 Å². The first-order valence-corrected chi connectivity index (χ1v) is 9.73. The molecule has 8 nitrogen and oxygen atoms in total. The zero-order valence-corrected chi connectivity index (χ0v) is 16.9. The molecule has 0 aliphatic carbocycles. The van der Waals surface area contributed by atoms with Crippen molar-refractivity contribution in [1.29, 1.82) is 5.26 Å². The van der Waals surface area contributed by atoms with Crippen LogP contribution in [0.5, 0.6) is 0 Å². The van der Waals surface area contributed by atoms with E-state index >= 15 is 0 Å². The van der Waals surface area contributed by atoms with E-state index in [9.17, 15) is 0 Å². The molecular formula is C21H24N8. The molecule has 2 N–H and O–H groups in total. The van der Waals surface area contributed by atoms with Gasteiger partial charge in [0.1, 0.15) is 11.5 Å². The fourth-order valence-corrected chi connectivity index (χ4v) is 3.25. The second-order valence-electron chi connectivity index (χ2n) is 8.02. The summed E-state index contributed by atoms with van der Waals surface area (Å²) in [5.74, 6) is 1.46. The normalized spacial score (nSPS) is 12.9. The Balaban J connectivity index is 1.78. The van der Waals surface area contributed by atoms with Crippen LogP contribution in [-0.2, 0) is 12.0 Å². The van der Waals surface area contributed by atoms with Crippen molar-refractivity contribution in [3.8, 4) is 28.6 Å². The third-order valence-corrected chi connectivity index (χ3v) is 4.78. The first-order valence-electron chi connectivity index (χ1n) is 9.73. The van der Waals surface area contributed by atoms with E-state index in [1.165, 1.54) is 5.56 Å². The van der Waals surface area contributed by atoms with Gasteiger partial charge in [-0.25, -0.2) is 15.0 Å². The third kappa shape index (κ3) is 3.90. The second kappa shape index (κ2) is 7.51. The lowest BCUT2D eigenvalue weighted by atomic mass is 10.1. The molecule has 0 fully saturated rings. The van der Waals surface area contributed by atoms with E-state index in [1.54, 1.807) is 6.20 Å². The fraction of sp³-hybridized carbons (Fsp3) is 0.381. The average Bonchev–Trinajstić information content (AvgIpc) is 3.35. The van der Waals surface area contributed by atoms with Gasteiger partial charge in [-0.2, -0.15) is 10.4 Å². The molecule has 4 heterocycles. The molecule has 0 amide bonds.